The van der Waals surface area contributed by atoms with Gasteiger partial charge in [-0.3, -0.25) is 9.59 Å². The van der Waals surface area contributed by atoms with Crippen LogP contribution in [0.5, 0.6) is 0 Å². The standard InChI is InChI=1S/C20H20O4/c1-13(21)23-19-17-9-5-15(6-10-17)3-4-16-7-11-18(12-8-16)20(19)24-14(2)22/h5-12,19-20H,3-4H2,1-2H3/t19-,20-/m1/s1. The zero-order valence-corrected chi connectivity index (χ0v) is 13.8. The highest BCUT2D eigenvalue weighted by atomic mass is 16.6. The van der Waals surface area contributed by atoms with Crippen LogP contribution in [0.25, 0.3) is 0 Å². The van der Waals surface area contributed by atoms with Gasteiger partial charge >= 0.3 is 11.9 Å². The summed E-state index contributed by atoms with van der Waals surface area (Å²) in [6.07, 6.45) is 0.549. The molecule has 0 heterocycles. The van der Waals surface area contributed by atoms with Crippen molar-refractivity contribution in [2.45, 2.75) is 38.9 Å². The fourth-order valence-corrected chi connectivity index (χ4v) is 3.00. The Hall–Kier alpha value is -2.62. The topological polar surface area (TPSA) is 52.6 Å². The van der Waals surface area contributed by atoms with E-state index in [1.54, 1.807) is 0 Å². The van der Waals surface area contributed by atoms with E-state index in [0.717, 1.165) is 24.0 Å². The number of hydrogen-bond acceptors (Lipinski definition) is 4. The molecule has 0 radical (unpaired) electrons. The van der Waals surface area contributed by atoms with Crippen LogP contribution in [0.3, 0.4) is 0 Å². The average Bonchev–Trinajstić information content (AvgIpc) is 2.56. The van der Waals surface area contributed by atoms with Gasteiger partial charge in [0.1, 0.15) is 0 Å². The van der Waals surface area contributed by atoms with Crippen LogP contribution < -0.4 is 0 Å². The largest absolute Gasteiger partial charge is 0.453 e. The fourth-order valence-electron chi connectivity index (χ4n) is 3.00. The molecule has 6 rings (SSSR count). The zero-order chi connectivity index (χ0) is 17.1. The maximum Gasteiger partial charge on any atom is 0.303 e. The highest BCUT2D eigenvalue weighted by molar-refractivity contribution is 5.68. The molecule has 0 N–H and O–H groups in total. The van der Waals surface area contributed by atoms with E-state index in [4.69, 9.17) is 9.47 Å². The van der Waals surface area contributed by atoms with Crippen molar-refractivity contribution >= 4 is 11.9 Å². The van der Waals surface area contributed by atoms with Gasteiger partial charge in [0.05, 0.1) is 0 Å². The first-order valence-corrected chi connectivity index (χ1v) is 8.05. The van der Waals surface area contributed by atoms with Gasteiger partial charge in [-0.25, -0.2) is 0 Å². The summed E-state index contributed by atoms with van der Waals surface area (Å²) in [5.74, 6) is -0.824. The van der Waals surface area contributed by atoms with Crippen LogP contribution in [0.1, 0.15) is 48.3 Å². The lowest BCUT2D eigenvalue weighted by Gasteiger charge is -2.27. The van der Waals surface area contributed by atoms with Crippen LogP contribution >= 0.6 is 0 Å². The molecule has 0 saturated heterocycles. The third-order valence-electron chi connectivity index (χ3n) is 4.18. The molecule has 4 heteroatoms. The van der Waals surface area contributed by atoms with E-state index in [9.17, 15) is 9.59 Å². The van der Waals surface area contributed by atoms with E-state index in [1.165, 1.54) is 25.0 Å². The predicted octanol–water partition coefficient (Wildman–Crippen LogP) is 3.69. The Morgan fingerprint density at radius 1 is 0.708 bits per heavy atom. The predicted molar refractivity (Wildman–Crippen MR) is 89.3 cm³/mol. The van der Waals surface area contributed by atoms with Gasteiger partial charge in [-0.2, -0.15) is 0 Å². The van der Waals surface area contributed by atoms with Gasteiger partial charge in [0, 0.05) is 13.8 Å². The third kappa shape index (κ3) is 3.65. The van der Waals surface area contributed by atoms with E-state index in [2.05, 4.69) is 0 Å². The third-order valence-corrected chi connectivity index (χ3v) is 4.18. The van der Waals surface area contributed by atoms with Crippen molar-refractivity contribution in [3.63, 3.8) is 0 Å². The molecular formula is C20H20O4. The Morgan fingerprint density at radius 3 is 1.33 bits per heavy atom. The molecule has 4 nitrogen and oxygen atoms in total. The van der Waals surface area contributed by atoms with Crippen molar-refractivity contribution in [1.82, 2.24) is 0 Å². The van der Waals surface area contributed by atoms with Crippen molar-refractivity contribution in [3.05, 3.63) is 70.8 Å². The van der Waals surface area contributed by atoms with Crippen LogP contribution in [0.2, 0.25) is 0 Å². The first-order valence-electron chi connectivity index (χ1n) is 8.05. The number of benzene rings is 2. The molecule has 0 saturated carbocycles. The van der Waals surface area contributed by atoms with Crippen molar-refractivity contribution < 1.29 is 19.1 Å². The van der Waals surface area contributed by atoms with Crippen molar-refractivity contribution in [2.75, 3.05) is 0 Å². The molecule has 0 spiro atoms. The van der Waals surface area contributed by atoms with E-state index in [0.29, 0.717) is 0 Å². The number of ether oxygens (including phenoxy) is 2. The highest BCUT2D eigenvalue weighted by Gasteiger charge is 2.30. The molecular weight excluding hydrogens is 304 g/mol. The second-order valence-electron chi connectivity index (χ2n) is 6.04. The van der Waals surface area contributed by atoms with Crippen molar-refractivity contribution in [2.24, 2.45) is 0 Å². The molecule has 0 aliphatic heterocycles. The minimum absolute atomic E-state index is 0.412. The van der Waals surface area contributed by atoms with Crippen LogP contribution in [0, 0.1) is 0 Å². The Kier molecular flexibility index (Phi) is 4.65. The first-order chi connectivity index (χ1) is 11.5. The summed E-state index contributed by atoms with van der Waals surface area (Å²) in [7, 11) is 0. The average molecular weight is 324 g/mol. The zero-order valence-electron chi connectivity index (χ0n) is 13.8. The van der Waals surface area contributed by atoms with Gasteiger partial charge in [-0.1, -0.05) is 48.5 Å². The molecule has 0 aromatic heterocycles. The fraction of sp³-hybridized carbons (Fsp3) is 0.300. The summed E-state index contributed by atoms with van der Waals surface area (Å²) in [5.41, 5.74) is 4.05. The maximum atomic E-state index is 11.6. The number of rotatable bonds is 2. The van der Waals surface area contributed by atoms with Crippen LogP contribution in [0.4, 0.5) is 0 Å². The van der Waals surface area contributed by atoms with Gasteiger partial charge < -0.3 is 9.47 Å². The van der Waals surface area contributed by atoms with Gasteiger partial charge in [0.2, 0.25) is 0 Å². The van der Waals surface area contributed by atoms with E-state index in [-0.39, 0.29) is 0 Å². The summed E-state index contributed by atoms with van der Waals surface area (Å²) in [4.78, 5) is 23.2. The Labute approximate surface area is 141 Å². The Bertz CT molecular complexity index is 666. The number of hydrogen-bond donors (Lipinski definition) is 0. The molecule has 0 unspecified atom stereocenters. The molecule has 0 amide bonds. The van der Waals surface area contributed by atoms with Gasteiger partial charge in [0.25, 0.3) is 0 Å². The number of carbonyl (C=O) groups excluding carboxylic acids is 2. The lowest BCUT2D eigenvalue weighted by molar-refractivity contribution is -0.166. The summed E-state index contributed by atoms with van der Waals surface area (Å²) >= 11 is 0. The quantitative estimate of drug-likeness (QED) is 0.791. The van der Waals surface area contributed by atoms with Gasteiger partial charge in [-0.15, -0.1) is 0 Å². The Balaban J connectivity index is 2.11. The number of esters is 2. The van der Waals surface area contributed by atoms with E-state index < -0.39 is 24.1 Å². The summed E-state index contributed by atoms with van der Waals surface area (Å²) in [6, 6.07) is 15.9. The number of aryl methyl sites for hydroxylation is 2. The van der Waals surface area contributed by atoms with E-state index in [1.807, 2.05) is 48.5 Å². The van der Waals surface area contributed by atoms with Gasteiger partial charge in [0.15, 0.2) is 12.2 Å². The molecule has 4 aliphatic carbocycles. The minimum Gasteiger partial charge on any atom is -0.453 e. The SMILES string of the molecule is CC(=O)O[C@@H]1c2ccc(cc2)CCc2ccc(cc2)[C@H]1OC(C)=O. The van der Waals surface area contributed by atoms with Gasteiger partial charge in [-0.05, 0) is 35.1 Å². The summed E-state index contributed by atoms with van der Waals surface area (Å²) < 4.78 is 11.1. The van der Waals surface area contributed by atoms with Crippen LogP contribution in [-0.2, 0) is 31.9 Å². The summed E-state index contributed by atoms with van der Waals surface area (Å²) in [6.45, 7) is 2.72. The molecule has 2 aromatic rings. The molecule has 24 heavy (non-hydrogen) atoms. The number of carbonyl (C=O) groups is 2. The van der Waals surface area contributed by atoms with Crippen molar-refractivity contribution in [1.29, 1.82) is 0 Å². The Morgan fingerprint density at radius 2 is 1.04 bits per heavy atom. The second kappa shape index (κ2) is 6.87. The first kappa shape index (κ1) is 16.2. The normalized spacial score (nSPS) is 19.2. The molecule has 2 atom stereocenters. The van der Waals surface area contributed by atoms with Crippen molar-refractivity contribution in [3.8, 4) is 0 Å². The molecule has 4 aliphatic rings. The molecule has 2 aromatic carbocycles. The van der Waals surface area contributed by atoms with Crippen LogP contribution in [-0.4, -0.2) is 11.9 Å². The molecule has 4 bridgehead atoms. The minimum atomic E-state index is -0.675. The second-order valence-corrected chi connectivity index (χ2v) is 6.04. The molecule has 0 fully saturated rings. The molecule has 124 valence electrons. The lowest BCUT2D eigenvalue weighted by atomic mass is 9.93. The van der Waals surface area contributed by atoms with Crippen LogP contribution in [0.15, 0.2) is 48.5 Å². The summed E-state index contributed by atoms with van der Waals surface area (Å²) in [5, 5.41) is 0. The van der Waals surface area contributed by atoms with E-state index >= 15 is 0 Å². The lowest BCUT2D eigenvalue weighted by Crippen LogP contribution is -2.22. The highest BCUT2D eigenvalue weighted by Crippen LogP contribution is 2.36. The smallest absolute Gasteiger partial charge is 0.303 e. The maximum absolute atomic E-state index is 11.6. The monoisotopic (exact) mass is 324 g/mol.